The van der Waals surface area contributed by atoms with Crippen molar-refractivity contribution >= 4 is 56.4 Å². The molecule has 1 amide bonds. The zero-order chi connectivity index (χ0) is 24.2. The third-order valence-corrected chi connectivity index (χ3v) is 7.78. The van der Waals surface area contributed by atoms with Gasteiger partial charge in [0.1, 0.15) is 11.0 Å². The van der Waals surface area contributed by atoms with Gasteiger partial charge >= 0.3 is 11.7 Å². The van der Waals surface area contributed by atoms with E-state index >= 15 is 0 Å². The fraction of sp³-hybridized carbons (Fsp3) is 0.136. The fourth-order valence-electron chi connectivity index (χ4n) is 3.36. The Kier molecular flexibility index (Phi) is 7.25. The quantitative estimate of drug-likeness (QED) is 0.180. The number of carbonyl (C=O) groups is 2. The van der Waals surface area contributed by atoms with Gasteiger partial charge in [0.25, 0.3) is 0 Å². The number of benzene rings is 2. The number of pyridine rings is 1. The molecule has 9 nitrogen and oxygen atoms in total. The highest BCUT2D eigenvalue weighted by molar-refractivity contribution is 8.77. The zero-order valence-corrected chi connectivity index (χ0v) is 19.6. The molecule has 2 atom stereocenters. The van der Waals surface area contributed by atoms with E-state index in [0.29, 0.717) is 16.5 Å². The predicted molar refractivity (Wildman–Crippen MR) is 129 cm³/mol. The molecule has 174 valence electrons. The predicted octanol–water partition coefficient (Wildman–Crippen LogP) is 5.00. The zero-order valence-electron chi connectivity index (χ0n) is 17.2. The number of β-lactam (4-membered cyclic amide) rings is 1. The molecule has 0 unspecified atom stereocenters. The first kappa shape index (κ1) is 23.9. The average Bonchev–Trinajstić information content (AvgIpc) is 2.83. The van der Waals surface area contributed by atoms with E-state index in [0.717, 1.165) is 16.4 Å². The normalized spacial score (nSPS) is 17.2. The molecule has 0 spiro atoms. The van der Waals surface area contributed by atoms with Crippen LogP contribution in [0.1, 0.15) is 11.6 Å². The number of aromatic nitrogens is 1. The van der Waals surface area contributed by atoms with E-state index in [-0.39, 0.29) is 22.7 Å². The SMILES string of the molecule is O=C(O)COc1ccc([C@@H]2[C@@H](SSc3ncccc3[N+](=O)[O-])C(=O)N2c2ccc(Cl)cc2)cc1. The molecular formula is C22H16ClN3O6S2. The van der Waals surface area contributed by atoms with Gasteiger partial charge in [-0.05, 0) is 58.8 Å². The molecule has 1 aliphatic heterocycles. The number of anilines is 1. The second-order valence-electron chi connectivity index (χ2n) is 7.07. The van der Waals surface area contributed by atoms with Gasteiger partial charge in [0.2, 0.25) is 5.91 Å². The van der Waals surface area contributed by atoms with Crippen molar-refractivity contribution < 1.29 is 24.4 Å². The molecule has 12 heteroatoms. The third kappa shape index (κ3) is 5.11. The van der Waals surface area contributed by atoms with E-state index in [1.165, 1.54) is 29.1 Å². The first-order valence-electron chi connectivity index (χ1n) is 9.81. The molecule has 34 heavy (non-hydrogen) atoms. The van der Waals surface area contributed by atoms with Crippen LogP contribution in [-0.4, -0.2) is 38.7 Å². The van der Waals surface area contributed by atoms with E-state index < -0.39 is 22.7 Å². The number of carboxylic acid groups (broad SMARTS) is 1. The van der Waals surface area contributed by atoms with E-state index in [4.69, 9.17) is 21.4 Å². The van der Waals surface area contributed by atoms with Gasteiger partial charge in [0.15, 0.2) is 11.6 Å². The van der Waals surface area contributed by atoms with Gasteiger partial charge in [0.05, 0.1) is 11.0 Å². The Balaban J connectivity index is 1.59. The number of carboxylic acids is 1. The Morgan fingerprint density at radius 2 is 1.88 bits per heavy atom. The number of rotatable bonds is 9. The van der Waals surface area contributed by atoms with Crippen LogP contribution >= 0.6 is 33.2 Å². The minimum Gasteiger partial charge on any atom is -0.482 e. The number of nitrogens with zero attached hydrogens (tertiary/aromatic N) is 3. The van der Waals surface area contributed by atoms with E-state index in [9.17, 15) is 19.7 Å². The molecule has 1 fully saturated rings. The minimum absolute atomic E-state index is 0.127. The van der Waals surface area contributed by atoms with Crippen LogP contribution in [-0.2, 0) is 9.59 Å². The Morgan fingerprint density at radius 3 is 2.53 bits per heavy atom. The van der Waals surface area contributed by atoms with E-state index in [1.807, 2.05) is 0 Å². The smallest absolute Gasteiger partial charge is 0.341 e. The summed E-state index contributed by atoms with van der Waals surface area (Å²) in [5, 5.41) is 20.3. The summed E-state index contributed by atoms with van der Waals surface area (Å²) in [6, 6.07) is 16.2. The fourth-order valence-corrected chi connectivity index (χ4v) is 6.12. The maximum atomic E-state index is 13.1. The second-order valence-corrected chi connectivity index (χ2v) is 9.83. The van der Waals surface area contributed by atoms with Gasteiger partial charge < -0.3 is 14.7 Å². The lowest BCUT2D eigenvalue weighted by molar-refractivity contribution is -0.388. The minimum atomic E-state index is -1.08. The highest BCUT2D eigenvalue weighted by Crippen LogP contribution is 2.51. The number of halogens is 1. The van der Waals surface area contributed by atoms with Gasteiger partial charge in [-0.15, -0.1) is 0 Å². The Labute approximate surface area is 206 Å². The van der Waals surface area contributed by atoms with E-state index in [2.05, 4.69) is 4.98 Å². The second kappa shape index (κ2) is 10.3. The number of nitro groups is 1. The van der Waals surface area contributed by atoms with Gasteiger partial charge in [-0.25, -0.2) is 9.78 Å². The van der Waals surface area contributed by atoms with Gasteiger partial charge in [-0.2, -0.15) is 0 Å². The van der Waals surface area contributed by atoms with Crippen LogP contribution in [0.2, 0.25) is 5.02 Å². The Hall–Kier alpha value is -3.28. The van der Waals surface area contributed by atoms with Crippen LogP contribution in [0.3, 0.4) is 0 Å². The van der Waals surface area contributed by atoms with Gasteiger partial charge in [0, 0.05) is 23.0 Å². The molecule has 1 aromatic heterocycles. The Bertz CT molecular complexity index is 1230. The summed E-state index contributed by atoms with van der Waals surface area (Å²) in [5.74, 6) is -0.855. The summed E-state index contributed by atoms with van der Waals surface area (Å²) in [4.78, 5) is 40.4. The van der Waals surface area contributed by atoms with Crippen LogP contribution in [0.15, 0.2) is 71.9 Å². The van der Waals surface area contributed by atoms with E-state index in [1.54, 1.807) is 53.4 Å². The molecule has 0 saturated carbocycles. The van der Waals surface area contributed by atoms with Crippen molar-refractivity contribution in [3.63, 3.8) is 0 Å². The van der Waals surface area contributed by atoms with Crippen molar-refractivity contribution in [3.05, 3.63) is 87.6 Å². The van der Waals surface area contributed by atoms with Crippen molar-refractivity contribution in [2.24, 2.45) is 0 Å². The highest BCUT2D eigenvalue weighted by atomic mass is 35.5. The first-order valence-corrected chi connectivity index (χ1v) is 12.4. The molecule has 2 aromatic carbocycles. The van der Waals surface area contributed by atoms with Crippen molar-refractivity contribution in [2.75, 3.05) is 11.5 Å². The number of amides is 1. The van der Waals surface area contributed by atoms with Crippen LogP contribution < -0.4 is 9.64 Å². The monoisotopic (exact) mass is 517 g/mol. The Morgan fingerprint density at radius 1 is 1.18 bits per heavy atom. The first-order chi connectivity index (χ1) is 16.3. The van der Waals surface area contributed by atoms with Crippen LogP contribution in [0, 0.1) is 10.1 Å². The van der Waals surface area contributed by atoms with Crippen molar-refractivity contribution in [1.82, 2.24) is 4.98 Å². The van der Waals surface area contributed by atoms with Crippen molar-refractivity contribution in [2.45, 2.75) is 16.3 Å². The molecule has 0 bridgehead atoms. The summed E-state index contributed by atoms with van der Waals surface area (Å²) in [7, 11) is 2.28. The topological polar surface area (TPSA) is 123 Å². The lowest BCUT2D eigenvalue weighted by atomic mass is 9.92. The summed E-state index contributed by atoms with van der Waals surface area (Å²) < 4.78 is 5.19. The maximum Gasteiger partial charge on any atom is 0.341 e. The molecule has 1 aliphatic rings. The van der Waals surface area contributed by atoms with Crippen molar-refractivity contribution in [1.29, 1.82) is 0 Å². The van der Waals surface area contributed by atoms with Crippen LogP contribution in [0.25, 0.3) is 0 Å². The molecular weight excluding hydrogens is 502 g/mol. The highest BCUT2D eigenvalue weighted by Gasteiger charge is 2.49. The third-order valence-electron chi connectivity index (χ3n) is 4.91. The molecule has 4 rings (SSSR count). The molecule has 0 aliphatic carbocycles. The number of hydrogen-bond acceptors (Lipinski definition) is 8. The lowest BCUT2D eigenvalue weighted by Crippen LogP contribution is -2.57. The average molecular weight is 518 g/mol. The standard InChI is InChI=1S/C22H16ClN3O6S2/c23-14-5-7-15(8-6-14)25-19(13-3-9-16(10-4-13)32-12-18(27)28)20(22(25)29)33-34-21-17(26(30)31)2-1-11-24-21/h1-11,19-20H,12H2,(H,27,28)/t19-,20-/m1/s1. The largest absolute Gasteiger partial charge is 0.482 e. The summed E-state index contributed by atoms with van der Waals surface area (Å²) in [6.07, 6.45) is 1.46. The van der Waals surface area contributed by atoms with Gasteiger partial charge in [-0.1, -0.05) is 34.5 Å². The van der Waals surface area contributed by atoms with Crippen molar-refractivity contribution in [3.8, 4) is 5.75 Å². The maximum absolute atomic E-state index is 13.1. The molecule has 1 N–H and O–H groups in total. The number of ether oxygens (including phenoxy) is 1. The van der Waals surface area contributed by atoms with Crippen LogP contribution in [0.5, 0.6) is 5.75 Å². The molecule has 2 heterocycles. The van der Waals surface area contributed by atoms with Gasteiger partial charge in [-0.3, -0.25) is 14.9 Å². The summed E-state index contributed by atoms with van der Waals surface area (Å²) >= 11 is 5.99. The lowest BCUT2D eigenvalue weighted by Gasteiger charge is -2.46. The summed E-state index contributed by atoms with van der Waals surface area (Å²) in [6.45, 7) is -0.462. The number of aliphatic carboxylic acids is 1. The summed E-state index contributed by atoms with van der Waals surface area (Å²) in [5.41, 5.74) is 1.33. The van der Waals surface area contributed by atoms with Crippen LogP contribution in [0.4, 0.5) is 11.4 Å². The molecule has 0 radical (unpaired) electrons. The molecule has 3 aromatic rings. The number of carbonyl (C=O) groups excluding carboxylic acids is 1. The number of hydrogen-bond donors (Lipinski definition) is 1. The molecule has 1 saturated heterocycles.